The van der Waals surface area contributed by atoms with Gasteiger partial charge in [0.25, 0.3) is 0 Å². The molecule has 0 aromatic carbocycles. The summed E-state index contributed by atoms with van der Waals surface area (Å²) in [5.41, 5.74) is 0. The zero-order valence-electron chi connectivity index (χ0n) is 4.46. The van der Waals surface area contributed by atoms with Gasteiger partial charge in [-0.25, -0.2) is 0 Å². The van der Waals surface area contributed by atoms with Gasteiger partial charge in [-0.2, -0.15) is 0 Å². The quantitative estimate of drug-likeness (QED) is 0.424. The van der Waals surface area contributed by atoms with Crippen LogP contribution in [0.2, 0.25) is 0 Å². The molecule has 0 unspecified atom stereocenters. The summed E-state index contributed by atoms with van der Waals surface area (Å²) in [6.07, 6.45) is 1.67. The van der Waals surface area contributed by atoms with E-state index in [-0.39, 0.29) is 0 Å². The summed E-state index contributed by atoms with van der Waals surface area (Å²) in [7, 11) is 0. The van der Waals surface area contributed by atoms with Gasteiger partial charge >= 0.3 is 0 Å². The molecule has 0 aliphatic rings. The smallest absolute Gasteiger partial charge is 0.0233 e. The van der Waals surface area contributed by atoms with E-state index in [0.29, 0.717) is 0 Å². The van der Waals surface area contributed by atoms with Crippen molar-refractivity contribution in [2.24, 2.45) is 0 Å². The number of hydrogen-bond donors (Lipinski definition) is 0. The van der Waals surface area contributed by atoms with Crippen LogP contribution in [0.15, 0.2) is 11.1 Å². The highest BCUT2D eigenvalue weighted by molar-refractivity contribution is 6.29. The lowest BCUT2D eigenvalue weighted by Gasteiger charge is -1.71. The molecule has 0 nitrogen and oxygen atoms in total. The van der Waals surface area contributed by atoms with Crippen molar-refractivity contribution in [3.63, 3.8) is 0 Å². The first-order valence-corrected chi connectivity index (χ1v) is 2.39. The summed E-state index contributed by atoms with van der Waals surface area (Å²) in [5.74, 6) is 5.39. The van der Waals surface area contributed by atoms with E-state index >= 15 is 0 Å². The molecule has 0 rings (SSSR count). The largest absolute Gasteiger partial charge is 0.102 e. The van der Waals surface area contributed by atoms with Gasteiger partial charge in [-0.3, -0.25) is 0 Å². The third kappa shape index (κ3) is 5.59. The van der Waals surface area contributed by atoms with Crippen molar-refractivity contribution < 1.29 is 0 Å². The third-order valence-electron chi connectivity index (χ3n) is 0.415. The molecule has 0 aliphatic carbocycles. The first-order chi connectivity index (χ1) is 3.27. The second-order valence-electron chi connectivity index (χ2n) is 1.13. The summed E-state index contributed by atoms with van der Waals surface area (Å²) in [5, 5.41) is 0.731. The maximum atomic E-state index is 5.42. The molecule has 38 valence electrons. The van der Waals surface area contributed by atoms with Gasteiger partial charge in [0.1, 0.15) is 0 Å². The fourth-order valence-corrected chi connectivity index (χ4v) is 0.226. The number of rotatable bonds is 0. The molecule has 0 saturated heterocycles. The standard InChI is InChI=1S/C6H7Cl/c1-3-4-5-6(2)7/h5H,1-2H3/b6-5+. The van der Waals surface area contributed by atoms with Gasteiger partial charge in [0.2, 0.25) is 0 Å². The van der Waals surface area contributed by atoms with Crippen LogP contribution in [-0.4, -0.2) is 0 Å². The Morgan fingerprint density at radius 3 is 2.43 bits per heavy atom. The van der Waals surface area contributed by atoms with Crippen LogP contribution in [0.1, 0.15) is 13.8 Å². The van der Waals surface area contributed by atoms with Crippen LogP contribution in [0.5, 0.6) is 0 Å². The Kier molecular flexibility index (Phi) is 3.55. The van der Waals surface area contributed by atoms with E-state index in [1.807, 2.05) is 0 Å². The molecule has 0 bridgehead atoms. The summed E-state index contributed by atoms with van der Waals surface area (Å²) in [6, 6.07) is 0. The van der Waals surface area contributed by atoms with Crippen LogP contribution in [0.25, 0.3) is 0 Å². The van der Waals surface area contributed by atoms with Gasteiger partial charge in [-0.05, 0) is 13.8 Å². The van der Waals surface area contributed by atoms with Crippen molar-refractivity contribution in [2.75, 3.05) is 0 Å². The van der Waals surface area contributed by atoms with Crippen molar-refractivity contribution in [3.05, 3.63) is 11.1 Å². The van der Waals surface area contributed by atoms with E-state index in [2.05, 4.69) is 11.8 Å². The highest BCUT2D eigenvalue weighted by atomic mass is 35.5. The minimum Gasteiger partial charge on any atom is -0.102 e. The van der Waals surface area contributed by atoms with Crippen LogP contribution in [0.3, 0.4) is 0 Å². The molecule has 0 spiro atoms. The van der Waals surface area contributed by atoms with Crippen molar-refractivity contribution >= 4 is 11.6 Å². The fraction of sp³-hybridized carbons (Fsp3) is 0.333. The van der Waals surface area contributed by atoms with Crippen molar-refractivity contribution in [1.82, 2.24) is 0 Å². The summed E-state index contributed by atoms with van der Waals surface area (Å²) < 4.78 is 0. The van der Waals surface area contributed by atoms with Gasteiger partial charge in [0, 0.05) is 11.1 Å². The topological polar surface area (TPSA) is 0 Å². The molecule has 0 saturated carbocycles. The molecule has 0 amide bonds. The molecule has 0 heterocycles. The van der Waals surface area contributed by atoms with Gasteiger partial charge < -0.3 is 0 Å². The Labute approximate surface area is 49.2 Å². The first-order valence-electron chi connectivity index (χ1n) is 2.02. The van der Waals surface area contributed by atoms with E-state index in [0.717, 1.165) is 5.03 Å². The highest BCUT2D eigenvalue weighted by Gasteiger charge is 1.68. The Bertz CT molecular complexity index is 119. The average Bonchev–Trinajstić information content (AvgIpc) is 1.61. The Morgan fingerprint density at radius 1 is 1.71 bits per heavy atom. The van der Waals surface area contributed by atoms with Crippen molar-refractivity contribution in [2.45, 2.75) is 13.8 Å². The summed E-state index contributed by atoms with van der Waals surface area (Å²) in [6.45, 7) is 3.57. The predicted molar refractivity (Wildman–Crippen MR) is 33.1 cm³/mol. The van der Waals surface area contributed by atoms with Crippen LogP contribution < -0.4 is 0 Å². The third-order valence-corrected chi connectivity index (χ3v) is 0.525. The van der Waals surface area contributed by atoms with Gasteiger partial charge in [0.15, 0.2) is 0 Å². The average molecular weight is 115 g/mol. The lowest BCUT2D eigenvalue weighted by atomic mass is 10.5. The van der Waals surface area contributed by atoms with Crippen LogP contribution in [0, 0.1) is 11.8 Å². The second kappa shape index (κ2) is 3.77. The molecule has 0 aromatic heterocycles. The zero-order chi connectivity index (χ0) is 5.70. The van der Waals surface area contributed by atoms with E-state index in [4.69, 9.17) is 11.6 Å². The Morgan fingerprint density at radius 2 is 2.29 bits per heavy atom. The molecular formula is C6H7Cl. The molecule has 0 N–H and O–H groups in total. The number of halogens is 1. The van der Waals surface area contributed by atoms with Gasteiger partial charge in [-0.1, -0.05) is 17.5 Å². The highest BCUT2D eigenvalue weighted by Crippen LogP contribution is 1.94. The molecule has 1 heteroatoms. The summed E-state index contributed by atoms with van der Waals surface area (Å²) >= 11 is 5.42. The van der Waals surface area contributed by atoms with E-state index < -0.39 is 0 Å². The van der Waals surface area contributed by atoms with E-state index in [9.17, 15) is 0 Å². The summed E-state index contributed by atoms with van der Waals surface area (Å²) in [4.78, 5) is 0. The minimum absolute atomic E-state index is 0.731. The lowest BCUT2D eigenvalue weighted by Crippen LogP contribution is -1.52. The maximum Gasteiger partial charge on any atom is 0.0233 e. The maximum absolute atomic E-state index is 5.42. The predicted octanol–water partition coefficient (Wildman–Crippen LogP) is 2.15. The minimum atomic E-state index is 0.731. The normalized spacial score (nSPS) is 9.86. The molecule has 0 aromatic rings. The molecule has 0 aliphatic heterocycles. The molecule has 7 heavy (non-hydrogen) atoms. The molecular weight excluding hydrogens is 108 g/mol. The van der Waals surface area contributed by atoms with Crippen LogP contribution >= 0.6 is 11.6 Å². The van der Waals surface area contributed by atoms with Crippen LogP contribution in [-0.2, 0) is 0 Å². The second-order valence-corrected chi connectivity index (χ2v) is 1.72. The molecule has 0 fully saturated rings. The number of hydrogen-bond acceptors (Lipinski definition) is 0. The lowest BCUT2D eigenvalue weighted by molar-refractivity contribution is 1.68. The zero-order valence-corrected chi connectivity index (χ0v) is 5.21. The molecule has 0 radical (unpaired) electrons. The van der Waals surface area contributed by atoms with Gasteiger partial charge in [-0.15, -0.1) is 5.92 Å². The van der Waals surface area contributed by atoms with Gasteiger partial charge in [0.05, 0.1) is 0 Å². The van der Waals surface area contributed by atoms with Crippen LogP contribution in [0.4, 0.5) is 0 Å². The Balaban J connectivity index is 3.61. The monoisotopic (exact) mass is 114 g/mol. The van der Waals surface area contributed by atoms with Crippen molar-refractivity contribution in [3.8, 4) is 11.8 Å². The van der Waals surface area contributed by atoms with E-state index in [1.54, 1.807) is 19.9 Å². The molecule has 0 atom stereocenters. The SMILES string of the molecule is CC#C/C=C(\C)Cl. The number of allylic oxidation sites excluding steroid dienone is 2. The fourth-order valence-electron chi connectivity index (χ4n) is 0.172. The van der Waals surface area contributed by atoms with E-state index in [1.165, 1.54) is 0 Å². The van der Waals surface area contributed by atoms with Crippen molar-refractivity contribution in [1.29, 1.82) is 0 Å². The Hall–Kier alpha value is -0.410. The first kappa shape index (κ1) is 6.59.